The van der Waals surface area contributed by atoms with Crippen LogP contribution in [0.1, 0.15) is 6.92 Å². The van der Waals surface area contributed by atoms with Gasteiger partial charge in [-0.2, -0.15) is 4.98 Å². The van der Waals surface area contributed by atoms with Crippen LogP contribution >= 0.6 is 0 Å². The van der Waals surface area contributed by atoms with Gasteiger partial charge in [0.25, 0.3) is 0 Å². The molecule has 7 nitrogen and oxygen atoms in total. The molecule has 1 aliphatic heterocycles. The number of anilines is 1. The molecule has 142 valence electrons. The van der Waals surface area contributed by atoms with Crippen LogP contribution in [0.3, 0.4) is 0 Å². The van der Waals surface area contributed by atoms with Gasteiger partial charge in [-0.3, -0.25) is 0 Å². The average Bonchev–Trinajstić information content (AvgIpc) is 3.12. The van der Waals surface area contributed by atoms with Crippen molar-refractivity contribution in [3.05, 3.63) is 59.0 Å². The number of fused-ring (bicyclic) bond motifs is 2. The lowest BCUT2D eigenvalue weighted by Crippen LogP contribution is -2.49. The predicted molar refractivity (Wildman–Crippen MR) is 104 cm³/mol. The smallest absolute Gasteiger partial charge is 0.347 e. The first-order valence-electron chi connectivity index (χ1n) is 9.15. The third-order valence-electron chi connectivity index (χ3n) is 4.99. The van der Waals surface area contributed by atoms with E-state index in [1.54, 1.807) is 28.9 Å². The molecule has 5 heterocycles. The van der Waals surface area contributed by atoms with Gasteiger partial charge >= 0.3 is 5.63 Å². The summed E-state index contributed by atoms with van der Waals surface area (Å²) in [5, 5.41) is 4.08. The molecule has 0 spiro atoms. The molecule has 5 rings (SSSR count). The van der Waals surface area contributed by atoms with Gasteiger partial charge in [-0.1, -0.05) is 0 Å². The van der Waals surface area contributed by atoms with Crippen LogP contribution in [0.15, 0.2) is 51.9 Å². The second-order valence-corrected chi connectivity index (χ2v) is 7.03. The highest BCUT2D eigenvalue weighted by Gasteiger charge is 2.19. The van der Waals surface area contributed by atoms with Crippen molar-refractivity contribution in [2.75, 3.05) is 24.5 Å². The number of piperazine rings is 1. The second kappa shape index (κ2) is 6.42. The van der Waals surface area contributed by atoms with Crippen LogP contribution < -0.4 is 15.8 Å². The third-order valence-corrected chi connectivity index (χ3v) is 4.99. The lowest BCUT2D eigenvalue weighted by atomic mass is 10.2. The lowest BCUT2D eigenvalue weighted by molar-refractivity contribution is 0.481. The predicted octanol–water partition coefficient (Wildman–Crippen LogP) is 2.44. The minimum absolute atomic E-state index is 0.165. The van der Waals surface area contributed by atoms with Crippen LogP contribution in [0, 0.1) is 5.82 Å². The van der Waals surface area contributed by atoms with Gasteiger partial charge in [-0.25, -0.2) is 14.2 Å². The van der Waals surface area contributed by atoms with Crippen molar-refractivity contribution >= 4 is 22.6 Å². The Hall–Kier alpha value is -3.26. The van der Waals surface area contributed by atoms with Crippen molar-refractivity contribution in [2.45, 2.75) is 13.0 Å². The van der Waals surface area contributed by atoms with Gasteiger partial charge in [0.2, 0.25) is 5.71 Å². The van der Waals surface area contributed by atoms with E-state index in [2.05, 4.69) is 27.1 Å². The number of hydrogen-bond donors (Lipinski definition) is 1. The first-order valence-corrected chi connectivity index (χ1v) is 9.15. The number of aromatic nitrogens is 3. The summed E-state index contributed by atoms with van der Waals surface area (Å²) in [7, 11) is 0. The van der Waals surface area contributed by atoms with E-state index in [1.807, 2.05) is 12.1 Å². The van der Waals surface area contributed by atoms with Gasteiger partial charge in [0.1, 0.15) is 5.82 Å². The van der Waals surface area contributed by atoms with E-state index >= 15 is 0 Å². The number of pyridine rings is 2. The Balaban J connectivity index is 1.57. The van der Waals surface area contributed by atoms with Gasteiger partial charge in [-0.05, 0) is 37.3 Å². The molecule has 4 aromatic heterocycles. The van der Waals surface area contributed by atoms with Crippen molar-refractivity contribution in [2.24, 2.45) is 0 Å². The molecular weight excluding hydrogens is 361 g/mol. The number of halogens is 1. The van der Waals surface area contributed by atoms with Gasteiger partial charge in [-0.15, -0.1) is 0 Å². The number of hydrogen-bond acceptors (Lipinski definition) is 6. The average molecular weight is 379 g/mol. The topological polar surface area (TPSA) is 75.7 Å². The molecule has 0 aromatic carbocycles. The highest BCUT2D eigenvalue weighted by atomic mass is 19.1. The Bertz CT molecular complexity index is 1250. The zero-order valence-corrected chi connectivity index (χ0v) is 15.2. The summed E-state index contributed by atoms with van der Waals surface area (Å²) >= 11 is 0. The monoisotopic (exact) mass is 379 g/mol. The van der Waals surface area contributed by atoms with Crippen molar-refractivity contribution in [3.8, 4) is 11.3 Å². The molecule has 0 radical (unpaired) electrons. The molecule has 1 N–H and O–H groups in total. The molecule has 1 saturated heterocycles. The highest BCUT2D eigenvalue weighted by molar-refractivity contribution is 5.80. The van der Waals surface area contributed by atoms with Crippen molar-refractivity contribution in [1.82, 2.24) is 19.7 Å². The molecule has 28 heavy (non-hydrogen) atoms. The van der Waals surface area contributed by atoms with E-state index in [9.17, 15) is 9.18 Å². The molecule has 1 aliphatic rings. The van der Waals surface area contributed by atoms with E-state index < -0.39 is 11.4 Å². The Morgan fingerprint density at radius 1 is 1.29 bits per heavy atom. The molecule has 1 atom stereocenters. The fraction of sp³-hybridized carbons (Fsp3) is 0.250. The van der Waals surface area contributed by atoms with E-state index in [-0.39, 0.29) is 16.9 Å². The van der Waals surface area contributed by atoms with Crippen LogP contribution in [0.5, 0.6) is 0 Å². The first-order chi connectivity index (χ1) is 13.6. The molecule has 0 saturated carbocycles. The fourth-order valence-electron chi connectivity index (χ4n) is 3.59. The SMILES string of the molecule is CC1CN(c2ccc3cc(-c4cn5cccc(F)c5n4)c(=O)oc3n2)CCN1. The maximum absolute atomic E-state index is 13.9. The number of rotatable bonds is 2. The molecule has 1 fully saturated rings. The van der Waals surface area contributed by atoms with Crippen LogP contribution in [0.25, 0.3) is 28.0 Å². The summed E-state index contributed by atoms with van der Waals surface area (Å²) in [5.74, 6) is 0.335. The Kier molecular flexibility index (Phi) is 3.87. The lowest BCUT2D eigenvalue weighted by Gasteiger charge is -2.32. The standard InChI is InChI=1S/C20H18FN5O2/c1-12-10-25(8-6-22-12)17-5-4-13-9-14(20(27)28-19(13)24-17)16-11-26-7-2-3-15(21)18(26)23-16/h2-5,7,9,11-12,22H,6,8,10H2,1H3. The molecule has 0 amide bonds. The summed E-state index contributed by atoms with van der Waals surface area (Å²) in [5.41, 5.74) is 0.544. The minimum Gasteiger partial charge on any atom is -0.403 e. The van der Waals surface area contributed by atoms with Gasteiger partial charge < -0.3 is 19.0 Å². The summed E-state index contributed by atoms with van der Waals surface area (Å²) in [6.07, 6.45) is 3.29. The summed E-state index contributed by atoms with van der Waals surface area (Å²) in [6, 6.07) is 8.78. The quantitative estimate of drug-likeness (QED) is 0.577. The Morgan fingerprint density at radius 3 is 3.00 bits per heavy atom. The van der Waals surface area contributed by atoms with Gasteiger partial charge in [0.15, 0.2) is 11.5 Å². The zero-order valence-electron chi connectivity index (χ0n) is 15.2. The fourth-order valence-corrected chi connectivity index (χ4v) is 3.59. The highest BCUT2D eigenvalue weighted by Crippen LogP contribution is 2.23. The normalized spacial score (nSPS) is 17.5. The second-order valence-electron chi connectivity index (χ2n) is 7.03. The molecule has 8 heteroatoms. The van der Waals surface area contributed by atoms with Crippen molar-refractivity contribution in [3.63, 3.8) is 0 Å². The summed E-state index contributed by atoms with van der Waals surface area (Å²) in [4.78, 5) is 23.5. The van der Waals surface area contributed by atoms with E-state index in [1.165, 1.54) is 6.07 Å². The Morgan fingerprint density at radius 2 is 2.18 bits per heavy atom. The van der Waals surface area contributed by atoms with Crippen LogP contribution in [-0.4, -0.2) is 40.0 Å². The molecule has 0 bridgehead atoms. The van der Waals surface area contributed by atoms with Crippen LogP contribution in [0.2, 0.25) is 0 Å². The number of nitrogens with zero attached hydrogens (tertiary/aromatic N) is 4. The first kappa shape index (κ1) is 16.9. The maximum Gasteiger partial charge on any atom is 0.347 e. The maximum atomic E-state index is 13.9. The van der Waals surface area contributed by atoms with Crippen molar-refractivity contribution in [1.29, 1.82) is 0 Å². The van der Waals surface area contributed by atoms with E-state index in [0.29, 0.717) is 17.1 Å². The molecular formula is C20H18FN5O2. The number of imidazole rings is 1. The summed E-state index contributed by atoms with van der Waals surface area (Å²) in [6.45, 7) is 4.69. The Labute approximate surface area is 159 Å². The largest absolute Gasteiger partial charge is 0.403 e. The van der Waals surface area contributed by atoms with Gasteiger partial charge in [0.05, 0.1) is 11.3 Å². The zero-order chi connectivity index (χ0) is 19.3. The van der Waals surface area contributed by atoms with E-state index in [4.69, 9.17) is 4.42 Å². The number of nitrogens with one attached hydrogen (secondary N) is 1. The third kappa shape index (κ3) is 2.82. The summed E-state index contributed by atoms with van der Waals surface area (Å²) < 4.78 is 20.9. The minimum atomic E-state index is -0.547. The van der Waals surface area contributed by atoms with Crippen LogP contribution in [0.4, 0.5) is 10.2 Å². The molecule has 1 unspecified atom stereocenters. The van der Waals surface area contributed by atoms with Crippen LogP contribution in [-0.2, 0) is 0 Å². The van der Waals surface area contributed by atoms with Gasteiger partial charge in [0, 0.05) is 43.5 Å². The van der Waals surface area contributed by atoms with E-state index in [0.717, 1.165) is 25.5 Å². The molecule has 4 aromatic rings. The van der Waals surface area contributed by atoms with Crippen molar-refractivity contribution < 1.29 is 8.81 Å². The molecule has 0 aliphatic carbocycles.